The Balaban J connectivity index is 1.99. The fraction of sp³-hybridized carbons (Fsp3) is 0.214. The van der Waals surface area contributed by atoms with E-state index in [0.717, 1.165) is 5.69 Å². The Kier molecular flexibility index (Phi) is 4.02. The van der Waals surface area contributed by atoms with Gasteiger partial charge in [-0.2, -0.15) is 0 Å². The number of Topliss-reactive ketones (excluding diaryl/α,β-unsaturated/α-hetero) is 1. The van der Waals surface area contributed by atoms with Crippen LogP contribution in [0.3, 0.4) is 0 Å². The van der Waals surface area contributed by atoms with E-state index < -0.39 is 0 Å². The third-order valence-corrected chi connectivity index (χ3v) is 2.61. The number of carbonyl (C=O) groups excluding carboxylic acids is 1. The van der Waals surface area contributed by atoms with Crippen LogP contribution in [-0.2, 0) is 6.42 Å². The lowest BCUT2D eigenvalue weighted by molar-refractivity contribution is 0.0982. The van der Waals surface area contributed by atoms with E-state index in [1.165, 1.54) is 0 Å². The first-order chi connectivity index (χ1) is 8.79. The smallest absolute Gasteiger partial charge is 0.164 e. The summed E-state index contributed by atoms with van der Waals surface area (Å²) >= 11 is 0. The minimum atomic E-state index is 0.0482. The minimum Gasteiger partial charge on any atom is -0.495 e. The van der Waals surface area contributed by atoms with Crippen molar-refractivity contribution in [3.8, 4) is 5.75 Å². The molecule has 0 atom stereocenters. The highest BCUT2D eigenvalue weighted by molar-refractivity contribution is 5.96. The van der Waals surface area contributed by atoms with E-state index in [1.54, 1.807) is 31.8 Å². The van der Waals surface area contributed by atoms with Crippen molar-refractivity contribution in [1.29, 1.82) is 0 Å². The van der Waals surface area contributed by atoms with Crippen LogP contribution >= 0.6 is 0 Å². The zero-order valence-corrected chi connectivity index (χ0v) is 10.2. The second-order valence-electron chi connectivity index (χ2n) is 3.86. The van der Waals surface area contributed by atoms with Crippen molar-refractivity contribution >= 4 is 5.78 Å². The van der Waals surface area contributed by atoms with E-state index in [0.29, 0.717) is 24.2 Å². The fourth-order valence-corrected chi connectivity index (χ4v) is 1.61. The predicted molar refractivity (Wildman–Crippen MR) is 67.7 cm³/mol. The summed E-state index contributed by atoms with van der Waals surface area (Å²) in [6.07, 6.45) is 5.93. The van der Waals surface area contributed by atoms with Gasteiger partial charge in [0.1, 0.15) is 5.75 Å². The molecule has 0 N–H and O–H groups in total. The van der Waals surface area contributed by atoms with Crippen molar-refractivity contribution in [2.24, 2.45) is 0 Å². The zero-order valence-electron chi connectivity index (χ0n) is 10.2. The molecule has 2 aromatic rings. The molecule has 0 saturated carbocycles. The summed E-state index contributed by atoms with van der Waals surface area (Å²) < 4.78 is 5.04. The summed E-state index contributed by atoms with van der Waals surface area (Å²) in [5, 5.41) is 0. The molecule has 2 aromatic heterocycles. The normalized spacial score (nSPS) is 10.1. The molecule has 0 spiro atoms. The van der Waals surface area contributed by atoms with Crippen LogP contribution in [0.1, 0.15) is 22.5 Å². The number of hydrogen-bond acceptors (Lipinski definition) is 4. The number of rotatable bonds is 5. The largest absolute Gasteiger partial charge is 0.495 e. The molecule has 0 aliphatic heterocycles. The number of hydrogen-bond donors (Lipinski definition) is 0. The molecule has 0 saturated heterocycles. The highest BCUT2D eigenvalue weighted by Crippen LogP contribution is 2.13. The van der Waals surface area contributed by atoms with Crippen LogP contribution < -0.4 is 4.74 Å². The molecule has 4 nitrogen and oxygen atoms in total. The van der Waals surface area contributed by atoms with Crippen LogP contribution in [0.15, 0.2) is 42.9 Å². The molecule has 18 heavy (non-hydrogen) atoms. The highest BCUT2D eigenvalue weighted by Gasteiger charge is 2.08. The van der Waals surface area contributed by atoms with E-state index in [2.05, 4.69) is 9.97 Å². The van der Waals surface area contributed by atoms with Gasteiger partial charge in [0, 0.05) is 30.1 Å². The molecule has 0 aromatic carbocycles. The lowest BCUT2D eigenvalue weighted by Gasteiger charge is -2.03. The number of carbonyl (C=O) groups is 1. The first-order valence-electron chi connectivity index (χ1n) is 5.72. The number of nitrogens with zero attached hydrogens (tertiary/aromatic N) is 2. The molecule has 0 aliphatic carbocycles. The molecule has 0 unspecified atom stereocenters. The maximum atomic E-state index is 12.0. The van der Waals surface area contributed by atoms with Crippen molar-refractivity contribution in [3.63, 3.8) is 0 Å². The maximum Gasteiger partial charge on any atom is 0.164 e. The predicted octanol–water partition coefficient (Wildman–Crippen LogP) is 2.30. The number of aryl methyl sites for hydroxylation is 1. The van der Waals surface area contributed by atoms with Gasteiger partial charge in [-0.15, -0.1) is 0 Å². The van der Waals surface area contributed by atoms with Gasteiger partial charge in [0.2, 0.25) is 0 Å². The fourth-order valence-electron chi connectivity index (χ4n) is 1.61. The first kappa shape index (κ1) is 12.2. The zero-order chi connectivity index (χ0) is 12.8. The number of pyridine rings is 2. The standard InChI is InChI=1S/C14H14N2O2/c1-18-13-8-11(9-15-10-13)14(17)6-5-12-4-2-3-7-16-12/h2-4,7-10H,5-6H2,1H3. The molecule has 0 bridgehead atoms. The lowest BCUT2D eigenvalue weighted by atomic mass is 10.1. The summed E-state index contributed by atoms with van der Waals surface area (Å²) in [4.78, 5) is 20.1. The molecular weight excluding hydrogens is 228 g/mol. The Morgan fingerprint density at radius 2 is 2.22 bits per heavy atom. The van der Waals surface area contributed by atoms with Crippen molar-refractivity contribution in [1.82, 2.24) is 9.97 Å². The van der Waals surface area contributed by atoms with Gasteiger partial charge in [0.25, 0.3) is 0 Å². The third-order valence-electron chi connectivity index (χ3n) is 2.61. The van der Waals surface area contributed by atoms with Crippen LogP contribution in [0.4, 0.5) is 0 Å². The molecule has 92 valence electrons. The first-order valence-corrected chi connectivity index (χ1v) is 5.72. The van der Waals surface area contributed by atoms with E-state index in [4.69, 9.17) is 4.74 Å². The average Bonchev–Trinajstić information content (AvgIpc) is 2.46. The Morgan fingerprint density at radius 3 is 2.94 bits per heavy atom. The number of aromatic nitrogens is 2. The summed E-state index contributed by atoms with van der Waals surface area (Å²) in [6.45, 7) is 0. The van der Waals surface area contributed by atoms with Gasteiger partial charge in [-0.3, -0.25) is 14.8 Å². The highest BCUT2D eigenvalue weighted by atomic mass is 16.5. The average molecular weight is 242 g/mol. The minimum absolute atomic E-state index is 0.0482. The molecule has 2 heterocycles. The summed E-state index contributed by atoms with van der Waals surface area (Å²) in [7, 11) is 1.55. The second-order valence-corrected chi connectivity index (χ2v) is 3.86. The third kappa shape index (κ3) is 3.13. The van der Waals surface area contributed by atoms with E-state index in [1.807, 2.05) is 18.2 Å². The van der Waals surface area contributed by atoms with Crippen LogP contribution in [0.2, 0.25) is 0 Å². The number of ether oxygens (including phenoxy) is 1. The monoisotopic (exact) mass is 242 g/mol. The Labute approximate surface area is 106 Å². The van der Waals surface area contributed by atoms with Gasteiger partial charge in [-0.1, -0.05) is 6.07 Å². The molecule has 0 amide bonds. The molecule has 0 aliphatic rings. The van der Waals surface area contributed by atoms with Crippen molar-refractivity contribution < 1.29 is 9.53 Å². The van der Waals surface area contributed by atoms with Gasteiger partial charge in [0.05, 0.1) is 13.3 Å². The molecule has 2 rings (SSSR count). The van der Waals surface area contributed by atoms with Gasteiger partial charge in [-0.05, 0) is 24.6 Å². The van der Waals surface area contributed by atoms with Crippen molar-refractivity contribution in [3.05, 3.63) is 54.1 Å². The van der Waals surface area contributed by atoms with Crippen molar-refractivity contribution in [2.75, 3.05) is 7.11 Å². The Morgan fingerprint density at radius 1 is 1.33 bits per heavy atom. The molecular formula is C14H14N2O2. The van der Waals surface area contributed by atoms with Gasteiger partial charge in [0.15, 0.2) is 5.78 Å². The van der Waals surface area contributed by atoms with Crippen LogP contribution in [0.5, 0.6) is 5.75 Å². The Hall–Kier alpha value is -2.23. The van der Waals surface area contributed by atoms with Crippen LogP contribution in [-0.4, -0.2) is 22.9 Å². The van der Waals surface area contributed by atoms with Crippen molar-refractivity contribution in [2.45, 2.75) is 12.8 Å². The quantitative estimate of drug-likeness (QED) is 0.755. The van der Waals surface area contributed by atoms with Gasteiger partial charge >= 0.3 is 0 Å². The number of methoxy groups -OCH3 is 1. The van der Waals surface area contributed by atoms with Crippen LogP contribution in [0.25, 0.3) is 0 Å². The van der Waals surface area contributed by atoms with E-state index >= 15 is 0 Å². The summed E-state index contributed by atoms with van der Waals surface area (Å²) in [5.41, 5.74) is 1.49. The molecule has 0 radical (unpaired) electrons. The number of ketones is 1. The van der Waals surface area contributed by atoms with E-state index in [9.17, 15) is 4.79 Å². The van der Waals surface area contributed by atoms with Crippen LogP contribution in [0, 0.1) is 0 Å². The Bertz CT molecular complexity index is 526. The maximum absolute atomic E-state index is 12.0. The SMILES string of the molecule is COc1cncc(C(=O)CCc2ccccn2)c1. The molecule has 0 fully saturated rings. The lowest BCUT2D eigenvalue weighted by Crippen LogP contribution is -2.03. The summed E-state index contributed by atoms with van der Waals surface area (Å²) in [6, 6.07) is 7.39. The molecule has 4 heteroatoms. The topological polar surface area (TPSA) is 52.1 Å². The van der Waals surface area contributed by atoms with E-state index in [-0.39, 0.29) is 5.78 Å². The second kappa shape index (κ2) is 5.91. The van der Waals surface area contributed by atoms with Gasteiger partial charge < -0.3 is 4.74 Å². The summed E-state index contributed by atoms with van der Waals surface area (Å²) in [5.74, 6) is 0.644. The van der Waals surface area contributed by atoms with Gasteiger partial charge in [-0.25, -0.2) is 0 Å².